The third kappa shape index (κ3) is 1.82. The first-order valence-electron chi connectivity index (χ1n) is 2.56. The molecule has 1 nitrogen and oxygen atoms in total. The van der Waals surface area contributed by atoms with Crippen molar-refractivity contribution in [2.75, 3.05) is 7.11 Å². The molecule has 0 aromatic rings. The number of ether oxygens (including phenoxy) is 1. The molecular formula is C7H12O. The zero-order valence-electron chi connectivity index (χ0n) is 5.69. The number of hydrogen-bond acceptors (Lipinski definition) is 1. The molecule has 8 heavy (non-hydrogen) atoms. The fraction of sp³-hybridized carbons (Fsp3) is 0.429. The summed E-state index contributed by atoms with van der Waals surface area (Å²) in [5, 5.41) is 0. The summed E-state index contributed by atoms with van der Waals surface area (Å²) in [7, 11) is 1.66. The molecule has 0 bridgehead atoms. The lowest BCUT2D eigenvalue weighted by atomic mass is 10.3. The van der Waals surface area contributed by atoms with Gasteiger partial charge in [0.15, 0.2) is 0 Å². The average Bonchev–Trinajstić information content (AvgIpc) is 1.84. The molecule has 0 N–H and O–H groups in total. The van der Waals surface area contributed by atoms with E-state index in [2.05, 4.69) is 6.58 Å². The molecule has 0 rings (SSSR count). The smallest absolute Gasteiger partial charge is 0.0953 e. The van der Waals surface area contributed by atoms with Crippen molar-refractivity contribution in [1.29, 1.82) is 0 Å². The van der Waals surface area contributed by atoms with Crippen LogP contribution in [0.3, 0.4) is 0 Å². The molecule has 0 aromatic carbocycles. The zero-order chi connectivity index (χ0) is 6.57. The predicted molar refractivity (Wildman–Crippen MR) is 35.6 cm³/mol. The van der Waals surface area contributed by atoms with Crippen molar-refractivity contribution in [2.45, 2.75) is 13.8 Å². The largest absolute Gasteiger partial charge is 0.501 e. The van der Waals surface area contributed by atoms with Crippen molar-refractivity contribution < 1.29 is 4.74 Å². The molecule has 0 aliphatic heterocycles. The van der Waals surface area contributed by atoms with E-state index in [9.17, 15) is 0 Å². The van der Waals surface area contributed by atoms with E-state index in [1.807, 2.05) is 13.8 Å². The highest BCUT2D eigenvalue weighted by Gasteiger charge is 1.86. The number of methoxy groups -OCH3 is 1. The summed E-state index contributed by atoms with van der Waals surface area (Å²) in [5.74, 6) is 0.931. The Morgan fingerprint density at radius 1 is 1.50 bits per heavy atom. The van der Waals surface area contributed by atoms with Gasteiger partial charge in [0.2, 0.25) is 0 Å². The number of allylic oxidation sites excluding steroid dienone is 3. The van der Waals surface area contributed by atoms with Gasteiger partial charge in [-0.25, -0.2) is 0 Å². The Labute approximate surface area is 50.7 Å². The molecule has 0 amide bonds. The molecule has 0 atom stereocenters. The van der Waals surface area contributed by atoms with E-state index in [4.69, 9.17) is 4.74 Å². The molecule has 0 aliphatic carbocycles. The number of hydrogen-bond donors (Lipinski definition) is 0. The number of rotatable bonds is 2. The second kappa shape index (κ2) is 3.30. The first-order valence-corrected chi connectivity index (χ1v) is 2.56. The first kappa shape index (κ1) is 7.28. The Morgan fingerprint density at radius 2 is 2.00 bits per heavy atom. The second-order valence-corrected chi connectivity index (χ2v) is 1.65. The van der Waals surface area contributed by atoms with Crippen molar-refractivity contribution in [3.63, 3.8) is 0 Å². The molecule has 0 radical (unpaired) electrons. The van der Waals surface area contributed by atoms with E-state index in [1.54, 1.807) is 13.2 Å². The molecule has 0 aromatic heterocycles. The summed E-state index contributed by atoms with van der Waals surface area (Å²) in [6.45, 7) is 7.47. The van der Waals surface area contributed by atoms with E-state index in [-0.39, 0.29) is 0 Å². The Kier molecular flexibility index (Phi) is 3.01. The van der Waals surface area contributed by atoms with Crippen LogP contribution in [0.2, 0.25) is 0 Å². The SMILES string of the molecule is C=C/C(C)=C(\C)OC. The van der Waals surface area contributed by atoms with Crippen LogP contribution in [0, 0.1) is 0 Å². The zero-order valence-corrected chi connectivity index (χ0v) is 5.69. The maximum Gasteiger partial charge on any atom is 0.0953 e. The highest BCUT2D eigenvalue weighted by molar-refractivity contribution is 5.15. The lowest BCUT2D eigenvalue weighted by molar-refractivity contribution is 0.290. The molecule has 0 spiro atoms. The van der Waals surface area contributed by atoms with Crippen molar-refractivity contribution in [2.24, 2.45) is 0 Å². The third-order valence-electron chi connectivity index (χ3n) is 1.17. The third-order valence-corrected chi connectivity index (χ3v) is 1.17. The fourth-order valence-electron chi connectivity index (χ4n) is 0.305. The predicted octanol–water partition coefficient (Wildman–Crippen LogP) is 2.11. The van der Waals surface area contributed by atoms with Crippen LogP contribution in [0.1, 0.15) is 13.8 Å². The second-order valence-electron chi connectivity index (χ2n) is 1.65. The minimum Gasteiger partial charge on any atom is -0.501 e. The van der Waals surface area contributed by atoms with Gasteiger partial charge in [-0.3, -0.25) is 0 Å². The van der Waals surface area contributed by atoms with Gasteiger partial charge < -0.3 is 4.74 Å². The molecule has 0 aliphatic rings. The van der Waals surface area contributed by atoms with Gasteiger partial charge in [0.1, 0.15) is 0 Å². The summed E-state index contributed by atoms with van der Waals surface area (Å²) < 4.78 is 4.91. The standard InChI is InChI=1S/C7H12O/c1-5-6(2)7(3)8-4/h5H,1H2,2-4H3/b7-6+. The molecule has 0 fully saturated rings. The molecule has 46 valence electrons. The van der Waals surface area contributed by atoms with E-state index in [0.29, 0.717) is 0 Å². The van der Waals surface area contributed by atoms with Crippen LogP contribution in [-0.2, 0) is 4.74 Å². The van der Waals surface area contributed by atoms with Crippen LogP contribution < -0.4 is 0 Å². The quantitative estimate of drug-likeness (QED) is 0.392. The minimum atomic E-state index is 0.931. The van der Waals surface area contributed by atoms with E-state index >= 15 is 0 Å². The summed E-state index contributed by atoms with van der Waals surface area (Å²) >= 11 is 0. The topological polar surface area (TPSA) is 9.23 Å². The van der Waals surface area contributed by atoms with Gasteiger partial charge in [0, 0.05) is 0 Å². The van der Waals surface area contributed by atoms with Gasteiger partial charge in [-0.15, -0.1) is 0 Å². The Bertz CT molecular complexity index is 112. The van der Waals surface area contributed by atoms with Gasteiger partial charge in [0.05, 0.1) is 12.9 Å². The van der Waals surface area contributed by atoms with E-state index < -0.39 is 0 Å². The van der Waals surface area contributed by atoms with E-state index in [0.717, 1.165) is 11.3 Å². The van der Waals surface area contributed by atoms with Crippen LogP contribution in [0.25, 0.3) is 0 Å². The van der Waals surface area contributed by atoms with Crippen molar-refractivity contribution in [3.05, 3.63) is 24.0 Å². The van der Waals surface area contributed by atoms with E-state index in [1.165, 1.54) is 0 Å². The van der Waals surface area contributed by atoms with Crippen LogP contribution in [-0.4, -0.2) is 7.11 Å². The van der Waals surface area contributed by atoms with Crippen molar-refractivity contribution in [3.8, 4) is 0 Å². The summed E-state index contributed by atoms with van der Waals surface area (Å²) in [4.78, 5) is 0. The lowest BCUT2D eigenvalue weighted by Crippen LogP contribution is -1.81. The summed E-state index contributed by atoms with van der Waals surface area (Å²) in [6.07, 6.45) is 1.78. The van der Waals surface area contributed by atoms with Crippen LogP contribution >= 0.6 is 0 Å². The first-order chi connectivity index (χ1) is 3.72. The maximum atomic E-state index is 4.91. The highest BCUT2D eigenvalue weighted by atomic mass is 16.5. The lowest BCUT2D eigenvalue weighted by Gasteiger charge is -1.99. The van der Waals surface area contributed by atoms with Gasteiger partial charge in [-0.05, 0) is 19.4 Å². The highest BCUT2D eigenvalue weighted by Crippen LogP contribution is 2.02. The molecular weight excluding hydrogens is 100 g/mol. The Balaban J connectivity index is 4.03. The average molecular weight is 112 g/mol. The Hall–Kier alpha value is -0.720. The summed E-state index contributed by atoms with van der Waals surface area (Å²) in [6, 6.07) is 0. The van der Waals surface area contributed by atoms with Crippen LogP contribution in [0.4, 0.5) is 0 Å². The van der Waals surface area contributed by atoms with Gasteiger partial charge in [0.25, 0.3) is 0 Å². The molecule has 0 heterocycles. The molecule has 0 saturated carbocycles. The van der Waals surface area contributed by atoms with Gasteiger partial charge >= 0.3 is 0 Å². The van der Waals surface area contributed by atoms with Gasteiger partial charge in [-0.2, -0.15) is 0 Å². The maximum absolute atomic E-state index is 4.91. The van der Waals surface area contributed by atoms with Gasteiger partial charge in [-0.1, -0.05) is 12.7 Å². The van der Waals surface area contributed by atoms with Crippen molar-refractivity contribution >= 4 is 0 Å². The Morgan fingerprint density at radius 3 is 2.12 bits per heavy atom. The normalized spacial score (nSPS) is 12.4. The van der Waals surface area contributed by atoms with Crippen LogP contribution in [0.15, 0.2) is 24.0 Å². The minimum absolute atomic E-state index is 0.931. The van der Waals surface area contributed by atoms with Crippen molar-refractivity contribution in [1.82, 2.24) is 0 Å². The molecule has 0 unspecified atom stereocenters. The fourth-order valence-corrected chi connectivity index (χ4v) is 0.305. The monoisotopic (exact) mass is 112 g/mol. The molecule has 0 saturated heterocycles. The molecule has 1 heteroatoms. The summed E-state index contributed by atoms with van der Waals surface area (Å²) in [5.41, 5.74) is 1.09. The van der Waals surface area contributed by atoms with Crippen LogP contribution in [0.5, 0.6) is 0 Å².